The molecule has 0 saturated heterocycles. The van der Waals surface area contributed by atoms with E-state index in [0.717, 1.165) is 11.0 Å². The topological polar surface area (TPSA) is 0 Å². The number of rotatable bonds is 1. The van der Waals surface area contributed by atoms with Gasteiger partial charge in [-0.05, 0) is 33.8 Å². The van der Waals surface area contributed by atoms with Crippen LogP contribution in [0.25, 0.3) is 0 Å². The normalized spacial score (nSPS) is 9.90. The zero-order valence-electron chi connectivity index (χ0n) is 4.77. The van der Waals surface area contributed by atoms with E-state index in [1.165, 1.54) is 6.07 Å². The van der Waals surface area contributed by atoms with Gasteiger partial charge < -0.3 is 0 Å². The first kappa shape index (κ1) is 8.18. The van der Waals surface area contributed by atoms with E-state index < -0.39 is 5.82 Å². The Balaban J connectivity index is 3.14. The van der Waals surface area contributed by atoms with E-state index in [0.29, 0.717) is 4.90 Å². The minimum Gasteiger partial charge on any atom is -0.204 e. The second-order valence-corrected chi connectivity index (χ2v) is 3.09. The van der Waals surface area contributed by atoms with Crippen LogP contribution in [0.2, 0.25) is 5.02 Å². The molecule has 0 fully saturated rings. The molecule has 0 aliphatic carbocycles. The summed E-state index contributed by atoms with van der Waals surface area (Å²) in [5.41, 5.74) is 0. The van der Waals surface area contributed by atoms with Gasteiger partial charge in [0.05, 0.1) is 9.92 Å². The molecule has 0 amide bonds. The molecule has 54 valence electrons. The van der Waals surface area contributed by atoms with Crippen LogP contribution in [-0.4, -0.2) is 0 Å². The largest absolute Gasteiger partial charge is 0.204 e. The molecule has 0 aliphatic rings. The standard InChI is InChI=1S/C6H3Cl2FS/c7-4-2-1-3-5(10-8)6(4)9/h1-3H. The lowest BCUT2D eigenvalue weighted by atomic mass is 10.3. The predicted molar refractivity (Wildman–Crippen MR) is 43.1 cm³/mol. The fourth-order valence-corrected chi connectivity index (χ4v) is 1.44. The highest BCUT2D eigenvalue weighted by Crippen LogP contribution is 2.28. The van der Waals surface area contributed by atoms with Crippen molar-refractivity contribution in [3.05, 3.63) is 29.0 Å². The quantitative estimate of drug-likeness (QED) is 0.660. The first-order valence-electron chi connectivity index (χ1n) is 2.48. The Morgan fingerprint density at radius 1 is 1.40 bits per heavy atom. The highest BCUT2D eigenvalue weighted by molar-refractivity contribution is 8.21. The van der Waals surface area contributed by atoms with Gasteiger partial charge in [-0.3, -0.25) is 0 Å². The van der Waals surface area contributed by atoms with Gasteiger partial charge in [-0.1, -0.05) is 17.7 Å². The molecular weight excluding hydrogens is 194 g/mol. The van der Waals surface area contributed by atoms with Gasteiger partial charge >= 0.3 is 0 Å². The van der Waals surface area contributed by atoms with Crippen molar-refractivity contribution in [3.8, 4) is 0 Å². The molecule has 4 heteroatoms. The summed E-state index contributed by atoms with van der Waals surface area (Å²) in [6, 6.07) is 4.70. The van der Waals surface area contributed by atoms with Crippen molar-refractivity contribution in [2.24, 2.45) is 0 Å². The third kappa shape index (κ3) is 1.57. The van der Waals surface area contributed by atoms with Gasteiger partial charge in [-0.15, -0.1) is 0 Å². The Hall–Kier alpha value is 0.0800. The predicted octanol–water partition coefficient (Wildman–Crippen LogP) is 3.73. The van der Waals surface area contributed by atoms with Gasteiger partial charge in [0.1, 0.15) is 0 Å². The van der Waals surface area contributed by atoms with E-state index in [4.69, 9.17) is 22.3 Å². The number of hydrogen-bond acceptors (Lipinski definition) is 1. The lowest BCUT2D eigenvalue weighted by Crippen LogP contribution is -1.78. The molecule has 0 aliphatic heterocycles. The molecule has 0 atom stereocenters. The van der Waals surface area contributed by atoms with Crippen LogP contribution >= 0.6 is 33.3 Å². The molecular formula is C6H3Cl2FS. The average molecular weight is 197 g/mol. The van der Waals surface area contributed by atoms with Gasteiger partial charge in [0, 0.05) is 0 Å². The van der Waals surface area contributed by atoms with Crippen LogP contribution in [-0.2, 0) is 0 Å². The van der Waals surface area contributed by atoms with Crippen molar-refractivity contribution in [2.45, 2.75) is 4.90 Å². The van der Waals surface area contributed by atoms with Crippen LogP contribution < -0.4 is 0 Å². The highest BCUT2D eigenvalue weighted by atomic mass is 35.7. The molecule has 0 radical (unpaired) electrons. The van der Waals surface area contributed by atoms with Gasteiger partial charge in [-0.2, -0.15) is 0 Å². The summed E-state index contributed by atoms with van der Waals surface area (Å²) in [5.74, 6) is -0.454. The molecule has 0 nitrogen and oxygen atoms in total. The van der Waals surface area contributed by atoms with E-state index in [9.17, 15) is 4.39 Å². The fourth-order valence-electron chi connectivity index (χ4n) is 0.544. The lowest BCUT2D eigenvalue weighted by Gasteiger charge is -1.96. The average Bonchev–Trinajstić information content (AvgIpc) is 1.95. The van der Waals surface area contributed by atoms with Gasteiger partial charge in [0.15, 0.2) is 5.82 Å². The second kappa shape index (κ2) is 3.46. The van der Waals surface area contributed by atoms with E-state index in [1.807, 2.05) is 0 Å². The Bertz CT molecular complexity index is 239. The van der Waals surface area contributed by atoms with Crippen LogP contribution in [0.3, 0.4) is 0 Å². The van der Waals surface area contributed by atoms with Crippen molar-refractivity contribution >= 4 is 33.3 Å². The monoisotopic (exact) mass is 196 g/mol. The summed E-state index contributed by atoms with van der Waals surface area (Å²) in [4.78, 5) is 0.356. The third-order valence-corrected chi connectivity index (χ3v) is 2.27. The molecule has 1 aromatic carbocycles. The van der Waals surface area contributed by atoms with Crippen molar-refractivity contribution in [1.82, 2.24) is 0 Å². The summed E-state index contributed by atoms with van der Waals surface area (Å²) in [7, 11) is 6.14. The maximum Gasteiger partial charge on any atom is 0.156 e. The SMILES string of the molecule is Fc1c(Cl)cccc1SCl. The summed E-state index contributed by atoms with van der Waals surface area (Å²) >= 11 is 5.45. The molecule has 1 aromatic rings. The first-order chi connectivity index (χ1) is 4.75. The van der Waals surface area contributed by atoms with Crippen LogP contribution in [0.4, 0.5) is 4.39 Å². The van der Waals surface area contributed by atoms with Gasteiger partial charge in [-0.25, -0.2) is 4.39 Å². The Morgan fingerprint density at radius 2 is 2.10 bits per heavy atom. The van der Waals surface area contributed by atoms with Crippen LogP contribution in [0.1, 0.15) is 0 Å². The summed E-state index contributed by atoms with van der Waals surface area (Å²) in [6.45, 7) is 0. The van der Waals surface area contributed by atoms with Crippen LogP contribution in [0.15, 0.2) is 23.1 Å². The lowest BCUT2D eigenvalue weighted by molar-refractivity contribution is 0.603. The van der Waals surface area contributed by atoms with E-state index in [1.54, 1.807) is 12.1 Å². The van der Waals surface area contributed by atoms with E-state index in [2.05, 4.69) is 0 Å². The maximum atomic E-state index is 12.8. The van der Waals surface area contributed by atoms with E-state index in [-0.39, 0.29) is 5.02 Å². The molecule has 10 heavy (non-hydrogen) atoms. The van der Waals surface area contributed by atoms with E-state index >= 15 is 0 Å². The fraction of sp³-hybridized carbons (Fsp3) is 0. The minimum absolute atomic E-state index is 0.102. The van der Waals surface area contributed by atoms with Crippen molar-refractivity contribution < 1.29 is 4.39 Å². The molecule has 0 aromatic heterocycles. The molecule has 0 spiro atoms. The number of halogens is 3. The Morgan fingerprint density at radius 3 is 2.60 bits per heavy atom. The molecule has 0 saturated carbocycles. The van der Waals surface area contributed by atoms with Crippen molar-refractivity contribution in [1.29, 1.82) is 0 Å². The number of hydrogen-bond donors (Lipinski definition) is 0. The Labute approximate surface area is 71.8 Å². The highest BCUT2D eigenvalue weighted by Gasteiger charge is 2.04. The minimum atomic E-state index is -0.454. The van der Waals surface area contributed by atoms with Gasteiger partial charge in [0.2, 0.25) is 0 Å². The third-order valence-electron chi connectivity index (χ3n) is 0.999. The zero-order chi connectivity index (χ0) is 7.56. The summed E-state index contributed by atoms with van der Waals surface area (Å²) in [5, 5.41) is 0.102. The molecule has 0 heterocycles. The molecule has 0 bridgehead atoms. The zero-order valence-corrected chi connectivity index (χ0v) is 7.10. The molecule has 0 N–H and O–H groups in total. The second-order valence-electron chi connectivity index (χ2n) is 1.63. The van der Waals surface area contributed by atoms with Crippen LogP contribution in [0, 0.1) is 5.82 Å². The smallest absolute Gasteiger partial charge is 0.156 e. The maximum absolute atomic E-state index is 12.8. The Kier molecular flexibility index (Phi) is 2.83. The number of benzene rings is 1. The molecule has 0 unspecified atom stereocenters. The first-order valence-corrected chi connectivity index (χ1v) is 4.50. The summed E-state index contributed by atoms with van der Waals surface area (Å²) in [6.07, 6.45) is 0. The molecule has 1 rings (SSSR count). The van der Waals surface area contributed by atoms with Crippen LogP contribution in [0.5, 0.6) is 0 Å². The van der Waals surface area contributed by atoms with Crippen molar-refractivity contribution in [2.75, 3.05) is 0 Å². The summed E-state index contributed by atoms with van der Waals surface area (Å²) < 4.78 is 12.8. The van der Waals surface area contributed by atoms with Gasteiger partial charge in [0.25, 0.3) is 0 Å². The van der Waals surface area contributed by atoms with Crippen molar-refractivity contribution in [3.63, 3.8) is 0 Å².